The van der Waals surface area contributed by atoms with Crippen LogP contribution in [-0.2, 0) is 25.8 Å². The minimum Gasteiger partial charge on any atom is -0.357 e. The lowest BCUT2D eigenvalue weighted by Gasteiger charge is -2.11. The van der Waals surface area contributed by atoms with Crippen molar-refractivity contribution in [3.63, 3.8) is 0 Å². The zero-order valence-corrected chi connectivity index (χ0v) is 16.3. The number of aryl methyl sites for hydroxylation is 4. The van der Waals surface area contributed by atoms with Crippen LogP contribution in [0.1, 0.15) is 45.6 Å². The van der Waals surface area contributed by atoms with Crippen molar-refractivity contribution in [2.24, 2.45) is 4.99 Å². The molecule has 4 nitrogen and oxygen atoms in total. The summed E-state index contributed by atoms with van der Waals surface area (Å²) in [5, 5.41) is 7.95. The average Bonchev–Trinajstić information content (AvgIpc) is 3.18. The van der Waals surface area contributed by atoms with E-state index < -0.39 is 0 Å². The zero-order chi connectivity index (χ0) is 17.6. The van der Waals surface area contributed by atoms with Gasteiger partial charge in [-0.3, -0.25) is 0 Å². The van der Waals surface area contributed by atoms with Crippen LogP contribution in [0.2, 0.25) is 0 Å². The first kappa shape index (κ1) is 17.9. The molecule has 3 rings (SSSR count). The third-order valence-electron chi connectivity index (χ3n) is 4.63. The first-order chi connectivity index (χ1) is 12.2. The highest BCUT2D eigenvalue weighted by atomic mass is 32.1. The molecule has 1 aromatic carbocycles. The fraction of sp³-hybridized carbons (Fsp3) is 0.500. The van der Waals surface area contributed by atoms with Gasteiger partial charge in [-0.1, -0.05) is 18.2 Å². The van der Waals surface area contributed by atoms with Crippen LogP contribution in [-0.4, -0.2) is 24.0 Å². The molecule has 0 unspecified atom stereocenters. The van der Waals surface area contributed by atoms with Crippen LogP contribution in [0.4, 0.5) is 0 Å². The Labute approximate surface area is 154 Å². The summed E-state index contributed by atoms with van der Waals surface area (Å²) in [6.45, 7) is 8.74. The van der Waals surface area contributed by atoms with Gasteiger partial charge in [0.25, 0.3) is 0 Å². The monoisotopic (exact) mass is 356 g/mol. The number of guanidine groups is 1. The number of benzene rings is 1. The molecule has 0 amide bonds. The highest BCUT2D eigenvalue weighted by Gasteiger charge is 2.10. The van der Waals surface area contributed by atoms with Gasteiger partial charge in [-0.15, -0.1) is 11.3 Å². The molecule has 0 saturated carbocycles. The second-order valence-corrected chi connectivity index (χ2v) is 7.87. The van der Waals surface area contributed by atoms with Crippen molar-refractivity contribution >= 4 is 17.3 Å². The number of hydrogen-bond acceptors (Lipinski definition) is 3. The van der Waals surface area contributed by atoms with Crippen molar-refractivity contribution in [2.45, 2.75) is 53.0 Å². The number of aromatic nitrogens is 1. The number of thiazole rings is 1. The van der Waals surface area contributed by atoms with Crippen molar-refractivity contribution in [3.05, 3.63) is 50.5 Å². The van der Waals surface area contributed by atoms with Crippen molar-refractivity contribution in [1.82, 2.24) is 15.6 Å². The molecule has 25 heavy (non-hydrogen) atoms. The van der Waals surface area contributed by atoms with Crippen molar-refractivity contribution in [2.75, 3.05) is 13.1 Å². The first-order valence-corrected chi connectivity index (χ1v) is 10.0. The molecular weight excluding hydrogens is 328 g/mol. The van der Waals surface area contributed by atoms with Gasteiger partial charge in [-0.2, -0.15) is 0 Å². The van der Waals surface area contributed by atoms with Crippen molar-refractivity contribution in [1.29, 1.82) is 0 Å². The number of aliphatic imine (C=N–C) groups is 1. The lowest BCUT2D eigenvalue weighted by molar-refractivity contribution is 0.795. The third kappa shape index (κ3) is 4.82. The summed E-state index contributed by atoms with van der Waals surface area (Å²) in [7, 11) is 0. The molecule has 0 fully saturated rings. The summed E-state index contributed by atoms with van der Waals surface area (Å²) in [6.07, 6.45) is 4.68. The van der Waals surface area contributed by atoms with E-state index in [0.29, 0.717) is 0 Å². The topological polar surface area (TPSA) is 49.3 Å². The highest BCUT2D eigenvalue weighted by molar-refractivity contribution is 7.11. The molecule has 1 aromatic heterocycles. The van der Waals surface area contributed by atoms with Gasteiger partial charge in [0.15, 0.2) is 5.96 Å². The Morgan fingerprint density at radius 2 is 2.04 bits per heavy atom. The predicted octanol–water partition coefficient (Wildman–Crippen LogP) is 3.55. The molecule has 0 spiro atoms. The van der Waals surface area contributed by atoms with E-state index in [4.69, 9.17) is 4.99 Å². The highest BCUT2D eigenvalue weighted by Crippen LogP contribution is 2.23. The standard InChI is InChI=1S/C20H28N4S/c1-4-21-20(22-11-10-19-24-14(2)15(3)25-19)23-13-16-8-9-17-6-5-7-18(17)12-16/h8-9,12H,4-7,10-11,13H2,1-3H3,(H2,21,22,23). The van der Waals surface area contributed by atoms with Gasteiger partial charge in [0, 0.05) is 24.4 Å². The molecule has 2 N–H and O–H groups in total. The van der Waals surface area contributed by atoms with Gasteiger partial charge in [0.2, 0.25) is 0 Å². The van der Waals surface area contributed by atoms with E-state index in [9.17, 15) is 0 Å². The average molecular weight is 357 g/mol. The van der Waals surface area contributed by atoms with E-state index in [1.807, 2.05) is 0 Å². The normalized spacial score (nSPS) is 13.8. The van der Waals surface area contributed by atoms with Gasteiger partial charge >= 0.3 is 0 Å². The minimum absolute atomic E-state index is 0.720. The predicted molar refractivity (Wildman–Crippen MR) is 107 cm³/mol. The molecule has 0 atom stereocenters. The molecule has 0 aliphatic heterocycles. The summed E-state index contributed by atoms with van der Waals surface area (Å²) in [5.41, 5.74) is 5.48. The van der Waals surface area contributed by atoms with Gasteiger partial charge in [-0.05, 0) is 56.7 Å². The summed E-state index contributed by atoms with van der Waals surface area (Å²) < 4.78 is 0. The Morgan fingerprint density at radius 3 is 2.80 bits per heavy atom. The van der Waals surface area contributed by atoms with E-state index in [2.05, 4.69) is 54.6 Å². The lowest BCUT2D eigenvalue weighted by Crippen LogP contribution is -2.38. The molecular formula is C20H28N4S. The number of fused-ring (bicyclic) bond motifs is 1. The summed E-state index contributed by atoms with van der Waals surface area (Å²) in [6, 6.07) is 6.83. The largest absolute Gasteiger partial charge is 0.357 e. The summed E-state index contributed by atoms with van der Waals surface area (Å²) >= 11 is 1.79. The maximum absolute atomic E-state index is 4.74. The Morgan fingerprint density at radius 1 is 1.20 bits per heavy atom. The van der Waals surface area contributed by atoms with Crippen LogP contribution in [0.15, 0.2) is 23.2 Å². The second kappa shape index (κ2) is 8.48. The van der Waals surface area contributed by atoms with E-state index in [0.717, 1.165) is 37.7 Å². The van der Waals surface area contributed by atoms with Gasteiger partial charge in [0.05, 0.1) is 17.2 Å². The molecule has 2 aromatic rings. The Kier molecular flexibility index (Phi) is 6.08. The van der Waals surface area contributed by atoms with Crippen molar-refractivity contribution < 1.29 is 0 Å². The molecule has 1 aliphatic rings. The molecule has 5 heteroatoms. The number of rotatable bonds is 6. The molecule has 1 aliphatic carbocycles. The Bertz CT molecular complexity index is 729. The fourth-order valence-corrected chi connectivity index (χ4v) is 4.10. The number of nitrogens with one attached hydrogen (secondary N) is 2. The van der Waals surface area contributed by atoms with E-state index >= 15 is 0 Å². The third-order valence-corrected chi connectivity index (χ3v) is 5.76. The van der Waals surface area contributed by atoms with E-state index in [-0.39, 0.29) is 0 Å². The maximum atomic E-state index is 4.74. The molecule has 1 heterocycles. The SMILES string of the molecule is CCNC(=NCc1ccc2c(c1)CCC2)NCCc1nc(C)c(C)s1. The molecule has 134 valence electrons. The fourth-order valence-electron chi connectivity index (χ4n) is 3.17. The molecule has 0 bridgehead atoms. The van der Waals surface area contributed by atoms with E-state index in [1.54, 1.807) is 11.3 Å². The van der Waals surface area contributed by atoms with Crippen LogP contribution >= 0.6 is 11.3 Å². The Hall–Kier alpha value is -1.88. The van der Waals surface area contributed by atoms with Crippen LogP contribution < -0.4 is 10.6 Å². The Balaban J connectivity index is 1.55. The molecule has 0 radical (unpaired) electrons. The van der Waals surface area contributed by atoms with Gasteiger partial charge < -0.3 is 10.6 Å². The van der Waals surface area contributed by atoms with Crippen LogP contribution in [0, 0.1) is 13.8 Å². The maximum Gasteiger partial charge on any atom is 0.191 e. The van der Waals surface area contributed by atoms with Crippen LogP contribution in [0.3, 0.4) is 0 Å². The number of nitrogens with zero attached hydrogens (tertiary/aromatic N) is 2. The first-order valence-electron chi connectivity index (χ1n) is 9.21. The number of hydrogen-bond donors (Lipinski definition) is 2. The van der Waals surface area contributed by atoms with Crippen molar-refractivity contribution in [3.8, 4) is 0 Å². The van der Waals surface area contributed by atoms with Crippen LogP contribution in [0.5, 0.6) is 0 Å². The molecule has 0 saturated heterocycles. The second-order valence-electron chi connectivity index (χ2n) is 6.58. The van der Waals surface area contributed by atoms with Crippen LogP contribution in [0.25, 0.3) is 0 Å². The summed E-state index contributed by atoms with van der Waals surface area (Å²) in [5.74, 6) is 0.882. The van der Waals surface area contributed by atoms with E-state index in [1.165, 1.54) is 45.8 Å². The smallest absolute Gasteiger partial charge is 0.191 e. The quantitative estimate of drug-likeness (QED) is 0.615. The minimum atomic E-state index is 0.720. The zero-order valence-electron chi connectivity index (χ0n) is 15.5. The lowest BCUT2D eigenvalue weighted by atomic mass is 10.1. The van der Waals surface area contributed by atoms with Gasteiger partial charge in [0.1, 0.15) is 0 Å². The van der Waals surface area contributed by atoms with Gasteiger partial charge in [-0.25, -0.2) is 9.98 Å². The summed E-state index contributed by atoms with van der Waals surface area (Å²) in [4.78, 5) is 10.7.